The van der Waals surface area contributed by atoms with Gasteiger partial charge in [-0.15, -0.1) is 0 Å². The van der Waals surface area contributed by atoms with Gasteiger partial charge in [0.05, 0.1) is 11.5 Å². The Labute approximate surface area is 110 Å². The molecule has 1 saturated heterocycles. The minimum atomic E-state index is -0.574. The van der Waals surface area contributed by atoms with Crippen LogP contribution in [0.15, 0.2) is 17.1 Å². The monoisotopic (exact) mass is 264 g/mol. The lowest BCUT2D eigenvalue weighted by atomic mass is 10.1. The highest BCUT2D eigenvalue weighted by Crippen LogP contribution is 2.40. The molecule has 2 aliphatic rings. The molecule has 2 fully saturated rings. The molecule has 2 heterocycles. The fourth-order valence-corrected chi connectivity index (χ4v) is 2.55. The largest absolute Gasteiger partial charge is 0.381 e. The molecule has 1 aromatic rings. The van der Waals surface area contributed by atoms with Crippen LogP contribution in [-0.2, 0) is 11.3 Å². The highest BCUT2D eigenvalue weighted by Gasteiger charge is 2.28. The van der Waals surface area contributed by atoms with Crippen molar-refractivity contribution in [3.05, 3.63) is 38.3 Å². The molecule has 0 radical (unpaired) electrons. The molecule has 1 aromatic heterocycles. The molecule has 19 heavy (non-hydrogen) atoms. The molecule has 0 spiro atoms. The Balaban J connectivity index is 1.96. The number of rotatable bonds is 4. The summed E-state index contributed by atoms with van der Waals surface area (Å²) in [5, 5.41) is 11.0. The van der Waals surface area contributed by atoms with Crippen LogP contribution in [0.4, 0.5) is 5.69 Å². The van der Waals surface area contributed by atoms with Crippen LogP contribution in [0.1, 0.15) is 30.7 Å². The second-order valence-electron chi connectivity index (χ2n) is 5.38. The van der Waals surface area contributed by atoms with E-state index < -0.39 is 10.5 Å². The van der Waals surface area contributed by atoms with E-state index >= 15 is 0 Å². The van der Waals surface area contributed by atoms with Crippen molar-refractivity contribution in [1.29, 1.82) is 0 Å². The van der Waals surface area contributed by atoms with E-state index in [1.807, 2.05) is 0 Å². The third-order valence-corrected chi connectivity index (χ3v) is 3.81. The Hall–Kier alpha value is -1.69. The lowest BCUT2D eigenvalue weighted by Gasteiger charge is -2.12. The van der Waals surface area contributed by atoms with Gasteiger partial charge in [0.15, 0.2) is 0 Å². The van der Waals surface area contributed by atoms with Crippen LogP contribution in [0, 0.1) is 16.0 Å². The van der Waals surface area contributed by atoms with Crippen LogP contribution >= 0.6 is 0 Å². The van der Waals surface area contributed by atoms with Gasteiger partial charge in [-0.05, 0) is 30.7 Å². The molecular weight excluding hydrogens is 248 g/mol. The van der Waals surface area contributed by atoms with Crippen molar-refractivity contribution in [3.63, 3.8) is 0 Å². The van der Waals surface area contributed by atoms with E-state index in [9.17, 15) is 14.9 Å². The summed E-state index contributed by atoms with van der Waals surface area (Å²) in [6, 6.07) is 1.45. The van der Waals surface area contributed by atoms with Crippen molar-refractivity contribution in [1.82, 2.24) is 4.57 Å². The van der Waals surface area contributed by atoms with Crippen LogP contribution in [0.25, 0.3) is 0 Å². The molecule has 1 aliphatic carbocycles. The van der Waals surface area contributed by atoms with Gasteiger partial charge in [-0.2, -0.15) is 0 Å². The summed E-state index contributed by atoms with van der Waals surface area (Å²) < 4.78 is 6.79. The number of ether oxygens (including phenoxy) is 1. The van der Waals surface area contributed by atoms with Crippen LogP contribution in [-0.4, -0.2) is 22.7 Å². The summed E-state index contributed by atoms with van der Waals surface area (Å²) >= 11 is 0. The van der Waals surface area contributed by atoms with Crippen molar-refractivity contribution in [3.8, 4) is 0 Å². The van der Waals surface area contributed by atoms with Crippen LogP contribution in [0.3, 0.4) is 0 Å². The van der Waals surface area contributed by atoms with Gasteiger partial charge in [0.25, 0.3) is 0 Å². The Morgan fingerprint density at radius 1 is 1.42 bits per heavy atom. The minimum absolute atomic E-state index is 0.284. The smallest absolute Gasteiger partial charge is 0.334 e. The molecule has 3 rings (SSSR count). The summed E-state index contributed by atoms with van der Waals surface area (Å²) in [6.45, 7) is 1.86. The number of nitrogens with zero attached hydrogens (tertiary/aromatic N) is 2. The summed E-state index contributed by atoms with van der Waals surface area (Å²) in [6.07, 6.45) is 4.82. The Morgan fingerprint density at radius 3 is 2.79 bits per heavy atom. The zero-order valence-electron chi connectivity index (χ0n) is 10.6. The van der Waals surface area contributed by atoms with Gasteiger partial charge in [0.2, 0.25) is 0 Å². The highest BCUT2D eigenvalue weighted by atomic mass is 16.6. The Morgan fingerprint density at radius 2 is 2.21 bits per heavy atom. The van der Waals surface area contributed by atoms with Crippen molar-refractivity contribution < 1.29 is 9.66 Å². The van der Waals surface area contributed by atoms with Crippen molar-refractivity contribution >= 4 is 5.69 Å². The summed E-state index contributed by atoms with van der Waals surface area (Å²) in [7, 11) is 0. The van der Waals surface area contributed by atoms with Gasteiger partial charge in [0, 0.05) is 31.3 Å². The van der Waals surface area contributed by atoms with Gasteiger partial charge < -0.3 is 9.30 Å². The Kier molecular flexibility index (Phi) is 3.10. The maximum atomic E-state index is 12.1. The first-order valence-electron chi connectivity index (χ1n) is 6.61. The van der Waals surface area contributed by atoms with Crippen LogP contribution < -0.4 is 5.56 Å². The molecule has 6 heteroatoms. The quantitative estimate of drug-likeness (QED) is 0.612. The van der Waals surface area contributed by atoms with Crippen molar-refractivity contribution in [2.75, 3.05) is 13.2 Å². The second-order valence-corrected chi connectivity index (χ2v) is 5.38. The fourth-order valence-electron chi connectivity index (χ4n) is 2.55. The van der Waals surface area contributed by atoms with Gasteiger partial charge in [-0.25, -0.2) is 0 Å². The summed E-state index contributed by atoms with van der Waals surface area (Å²) in [4.78, 5) is 22.5. The third kappa shape index (κ3) is 2.53. The highest BCUT2D eigenvalue weighted by molar-refractivity contribution is 5.34. The topological polar surface area (TPSA) is 74.4 Å². The van der Waals surface area contributed by atoms with Gasteiger partial charge in [-0.1, -0.05) is 0 Å². The number of hydrogen-bond donors (Lipinski definition) is 0. The lowest BCUT2D eigenvalue weighted by molar-refractivity contribution is -0.386. The maximum Gasteiger partial charge on any atom is 0.334 e. The molecule has 1 saturated carbocycles. The van der Waals surface area contributed by atoms with E-state index in [0.717, 1.165) is 24.8 Å². The first-order valence-corrected chi connectivity index (χ1v) is 6.61. The molecule has 1 aliphatic heterocycles. The van der Waals surface area contributed by atoms with E-state index in [2.05, 4.69) is 0 Å². The number of nitro groups is 1. The van der Waals surface area contributed by atoms with Crippen molar-refractivity contribution in [2.45, 2.75) is 31.7 Å². The average molecular weight is 264 g/mol. The van der Waals surface area contributed by atoms with E-state index in [1.54, 1.807) is 6.20 Å². The molecule has 0 bridgehead atoms. The van der Waals surface area contributed by atoms with Crippen LogP contribution in [0.2, 0.25) is 0 Å². The predicted molar refractivity (Wildman–Crippen MR) is 68.3 cm³/mol. The number of hydrogen-bond acceptors (Lipinski definition) is 4. The first kappa shape index (κ1) is 12.3. The summed E-state index contributed by atoms with van der Waals surface area (Å²) in [5.41, 5.74) is 0.120. The van der Waals surface area contributed by atoms with Crippen LogP contribution in [0.5, 0.6) is 0 Å². The Bertz CT molecular complexity index is 556. The van der Waals surface area contributed by atoms with Gasteiger partial charge in [-0.3, -0.25) is 14.9 Å². The molecule has 102 valence electrons. The zero-order chi connectivity index (χ0) is 13.4. The minimum Gasteiger partial charge on any atom is -0.381 e. The van der Waals surface area contributed by atoms with Gasteiger partial charge >= 0.3 is 11.2 Å². The first-order chi connectivity index (χ1) is 9.15. The maximum absolute atomic E-state index is 12.1. The lowest BCUT2D eigenvalue weighted by Crippen LogP contribution is -2.26. The molecule has 1 unspecified atom stereocenters. The molecular formula is C13H16N2O4. The normalized spacial score (nSPS) is 22.6. The summed E-state index contributed by atoms with van der Waals surface area (Å²) in [5.74, 6) is 0.678. The number of aromatic nitrogens is 1. The molecule has 1 atom stereocenters. The van der Waals surface area contributed by atoms with Gasteiger partial charge in [0.1, 0.15) is 0 Å². The van der Waals surface area contributed by atoms with E-state index in [-0.39, 0.29) is 11.6 Å². The molecule has 0 amide bonds. The predicted octanol–water partition coefficient (Wildman–Crippen LogP) is 1.67. The third-order valence-electron chi connectivity index (χ3n) is 3.81. The SMILES string of the molecule is O=c1c([N+](=O)[O-])cc(C2CC2)cn1CC1CCOC1. The standard InChI is InChI=1S/C13H16N2O4/c16-13-12(15(17)18)5-11(10-1-2-10)7-14(13)6-9-3-4-19-8-9/h5,7,9-10H,1-4,6,8H2. The van der Waals surface area contributed by atoms with E-state index in [1.165, 1.54) is 10.6 Å². The fraction of sp³-hybridized carbons (Fsp3) is 0.615. The second kappa shape index (κ2) is 4.77. The molecule has 0 aromatic carbocycles. The van der Waals surface area contributed by atoms with E-state index in [0.29, 0.717) is 25.7 Å². The zero-order valence-corrected chi connectivity index (χ0v) is 10.6. The van der Waals surface area contributed by atoms with Crippen molar-refractivity contribution in [2.24, 2.45) is 5.92 Å². The molecule has 6 nitrogen and oxygen atoms in total. The molecule has 0 N–H and O–H groups in total. The van der Waals surface area contributed by atoms with E-state index in [4.69, 9.17) is 4.74 Å². The number of pyridine rings is 1. The average Bonchev–Trinajstić information content (AvgIpc) is 3.10.